The van der Waals surface area contributed by atoms with Crippen LogP contribution >= 0.6 is 0 Å². The second-order valence-electron chi connectivity index (χ2n) is 3.72. The summed E-state index contributed by atoms with van der Waals surface area (Å²) < 4.78 is 7.18. The second kappa shape index (κ2) is 4.97. The van der Waals surface area contributed by atoms with Crippen LogP contribution in [0.1, 0.15) is 17.3 Å². The summed E-state index contributed by atoms with van der Waals surface area (Å²) in [5.41, 5.74) is 2.13. The van der Waals surface area contributed by atoms with Gasteiger partial charge in [-0.2, -0.15) is 5.10 Å². The number of ether oxygens (including phenoxy) is 1. The van der Waals surface area contributed by atoms with Gasteiger partial charge in [0.1, 0.15) is 5.75 Å². The highest BCUT2D eigenvalue weighted by atomic mass is 16.5. The number of rotatable bonds is 4. The van der Waals surface area contributed by atoms with Gasteiger partial charge in [0.2, 0.25) is 0 Å². The lowest BCUT2D eigenvalue weighted by Crippen LogP contribution is -2.21. The Morgan fingerprint density at radius 1 is 1.35 bits per heavy atom. The summed E-state index contributed by atoms with van der Waals surface area (Å²) in [5.74, 6) is 0.771. The zero-order chi connectivity index (χ0) is 12.3. The molecule has 0 aromatic carbocycles. The fraction of sp³-hybridized carbons (Fsp3) is 0.333. The van der Waals surface area contributed by atoms with Crippen LogP contribution in [0.3, 0.4) is 0 Å². The van der Waals surface area contributed by atoms with Gasteiger partial charge in [-0.05, 0) is 19.2 Å². The van der Waals surface area contributed by atoms with Crippen LogP contribution in [0.15, 0.2) is 30.7 Å². The lowest BCUT2D eigenvalue weighted by molar-refractivity contribution is 0.402. The topological polar surface area (TPSA) is 52.0 Å². The fourth-order valence-electron chi connectivity index (χ4n) is 1.93. The quantitative estimate of drug-likeness (QED) is 0.858. The first-order valence-electron chi connectivity index (χ1n) is 5.41. The van der Waals surface area contributed by atoms with E-state index in [4.69, 9.17) is 4.74 Å². The van der Waals surface area contributed by atoms with Crippen LogP contribution in [-0.2, 0) is 7.05 Å². The van der Waals surface area contributed by atoms with Crippen molar-refractivity contribution < 1.29 is 4.74 Å². The van der Waals surface area contributed by atoms with Crippen molar-refractivity contribution in [2.24, 2.45) is 7.05 Å². The van der Waals surface area contributed by atoms with Crippen LogP contribution in [0.25, 0.3) is 0 Å². The largest absolute Gasteiger partial charge is 0.495 e. The Hall–Kier alpha value is -1.88. The molecule has 0 bridgehead atoms. The van der Waals surface area contributed by atoms with Crippen molar-refractivity contribution in [2.45, 2.75) is 6.04 Å². The summed E-state index contributed by atoms with van der Waals surface area (Å²) >= 11 is 0. The Balaban J connectivity index is 2.46. The molecule has 90 valence electrons. The van der Waals surface area contributed by atoms with Crippen molar-refractivity contribution in [3.05, 3.63) is 42.0 Å². The minimum atomic E-state index is 0.0421. The molecule has 1 N–H and O–H groups in total. The number of methoxy groups -OCH3 is 1. The lowest BCUT2D eigenvalue weighted by atomic mass is 10.0. The molecule has 0 aliphatic rings. The standard InChI is InChI=1S/C12H16N4O/c1-13-12(10-5-7-15-16(10)2)9-4-6-14-8-11(9)17-3/h4-8,12-13H,1-3H3. The van der Waals surface area contributed by atoms with Gasteiger partial charge < -0.3 is 10.1 Å². The first-order valence-corrected chi connectivity index (χ1v) is 5.41. The van der Waals surface area contributed by atoms with Gasteiger partial charge >= 0.3 is 0 Å². The highest BCUT2D eigenvalue weighted by molar-refractivity contribution is 5.37. The molecule has 2 rings (SSSR count). The van der Waals surface area contributed by atoms with Crippen molar-refractivity contribution >= 4 is 0 Å². The minimum Gasteiger partial charge on any atom is -0.495 e. The van der Waals surface area contributed by atoms with Crippen molar-refractivity contribution in [3.63, 3.8) is 0 Å². The van der Waals surface area contributed by atoms with Crippen molar-refractivity contribution in [2.75, 3.05) is 14.2 Å². The summed E-state index contributed by atoms with van der Waals surface area (Å²) in [4.78, 5) is 4.06. The molecule has 1 unspecified atom stereocenters. The number of nitrogens with one attached hydrogen (secondary N) is 1. The van der Waals surface area contributed by atoms with Crippen LogP contribution < -0.4 is 10.1 Å². The number of aryl methyl sites for hydroxylation is 1. The van der Waals surface area contributed by atoms with E-state index >= 15 is 0 Å². The van der Waals surface area contributed by atoms with Gasteiger partial charge in [0.25, 0.3) is 0 Å². The molecule has 0 aliphatic carbocycles. The van der Waals surface area contributed by atoms with Crippen LogP contribution in [0.2, 0.25) is 0 Å². The van der Waals surface area contributed by atoms with E-state index in [1.54, 1.807) is 25.7 Å². The van der Waals surface area contributed by atoms with Gasteiger partial charge in [0.05, 0.1) is 25.0 Å². The summed E-state index contributed by atoms with van der Waals surface area (Å²) in [6, 6.07) is 3.98. The predicted octanol–water partition coefficient (Wildman–Crippen LogP) is 1.13. The summed E-state index contributed by atoms with van der Waals surface area (Å²) in [6.45, 7) is 0. The second-order valence-corrected chi connectivity index (χ2v) is 3.72. The van der Waals surface area contributed by atoms with Crippen molar-refractivity contribution in [1.29, 1.82) is 0 Å². The molecule has 0 fully saturated rings. The first kappa shape index (κ1) is 11.6. The molecule has 5 nitrogen and oxygen atoms in total. The van der Waals surface area contributed by atoms with E-state index in [1.165, 1.54) is 0 Å². The van der Waals surface area contributed by atoms with Gasteiger partial charge in [-0.1, -0.05) is 0 Å². The molecular weight excluding hydrogens is 216 g/mol. The molecule has 2 aromatic heterocycles. The molecule has 0 aliphatic heterocycles. The zero-order valence-corrected chi connectivity index (χ0v) is 10.2. The SMILES string of the molecule is CNC(c1ccncc1OC)c1ccnn1C. The third-order valence-corrected chi connectivity index (χ3v) is 2.79. The van der Waals surface area contributed by atoms with E-state index in [-0.39, 0.29) is 6.04 Å². The number of hydrogen-bond acceptors (Lipinski definition) is 4. The Morgan fingerprint density at radius 2 is 2.18 bits per heavy atom. The monoisotopic (exact) mass is 232 g/mol. The van der Waals surface area contributed by atoms with E-state index in [1.807, 2.05) is 30.9 Å². The Morgan fingerprint density at radius 3 is 2.76 bits per heavy atom. The van der Waals surface area contributed by atoms with E-state index < -0.39 is 0 Å². The smallest absolute Gasteiger partial charge is 0.142 e. The third-order valence-electron chi connectivity index (χ3n) is 2.79. The number of hydrogen-bond donors (Lipinski definition) is 1. The molecule has 0 spiro atoms. The van der Waals surface area contributed by atoms with Crippen LogP contribution in [0.5, 0.6) is 5.75 Å². The van der Waals surface area contributed by atoms with Gasteiger partial charge in [-0.15, -0.1) is 0 Å². The molecule has 0 amide bonds. The molecule has 0 saturated carbocycles. The highest BCUT2D eigenvalue weighted by Gasteiger charge is 2.18. The Bertz CT molecular complexity index is 495. The summed E-state index contributed by atoms with van der Waals surface area (Å²) in [6.07, 6.45) is 5.27. The molecule has 0 radical (unpaired) electrons. The Kier molecular flexibility index (Phi) is 3.39. The number of aromatic nitrogens is 3. The van der Waals surface area contributed by atoms with Crippen LogP contribution in [-0.4, -0.2) is 28.9 Å². The van der Waals surface area contributed by atoms with Gasteiger partial charge in [0.15, 0.2) is 0 Å². The average Bonchev–Trinajstić information content (AvgIpc) is 2.78. The molecule has 1 atom stereocenters. The molecule has 5 heteroatoms. The fourth-order valence-corrected chi connectivity index (χ4v) is 1.93. The molecule has 17 heavy (non-hydrogen) atoms. The minimum absolute atomic E-state index is 0.0421. The van der Waals surface area contributed by atoms with Crippen molar-refractivity contribution in [3.8, 4) is 5.75 Å². The van der Waals surface area contributed by atoms with E-state index in [9.17, 15) is 0 Å². The number of pyridine rings is 1. The predicted molar refractivity (Wildman–Crippen MR) is 64.9 cm³/mol. The maximum Gasteiger partial charge on any atom is 0.142 e. The van der Waals surface area contributed by atoms with Crippen molar-refractivity contribution in [1.82, 2.24) is 20.1 Å². The van der Waals surface area contributed by atoms with Crippen LogP contribution in [0.4, 0.5) is 0 Å². The van der Waals surface area contributed by atoms with Gasteiger partial charge in [0, 0.05) is 25.0 Å². The average molecular weight is 232 g/mol. The third kappa shape index (κ3) is 2.14. The number of nitrogens with zero attached hydrogens (tertiary/aromatic N) is 3. The maximum absolute atomic E-state index is 5.33. The molecular formula is C12H16N4O. The first-order chi connectivity index (χ1) is 8.27. The van der Waals surface area contributed by atoms with E-state index in [0.717, 1.165) is 17.0 Å². The highest BCUT2D eigenvalue weighted by Crippen LogP contribution is 2.28. The zero-order valence-electron chi connectivity index (χ0n) is 10.2. The Labute approximate surface area is 100 Å². The molecule has 2 heterocycles. The lowest BCUT2D eigenvalue weighted by Gasteiger charge is -2.19. The normalized spacial score (nSPS) is 12.4. The maximum atomic E-state index is 5.33. The molecule has 0 saturated heterocycles. The van der Waals surface area contributed by atoms with E-state index in [0.29, 0.717) is 0 Å². The molecule has 2 aromatic rings. The van der Waals surface area contributed by atoms with E-state index in [2.05, 4.69) is 15.4 Å². The summed E-state index contributed by atoms with van der Waals surface area (Å²) in [5, 5.41) is 7.45. The van der Waals surface area contributed by atoms with Gasteiger partial charge in [-0.25, -0.2) is 0 Å². The summed E-state index contributed by atoms with van der Waals surface area (Å²) in [7, 11) is 5.49. The van der Waals surface area contributed by atoms with Gasteiger partial charge in [-0.3, -0.25) is 9.67 Å². The van der Waals surface area contributed by atoms with Crippen LogP contribution in [0, 0.1) is 0 Å².